The van der Waals surface area contributed by atoms with Gasteiger partial charge >= 0.3 is 0 Å². The minimum atomic E-state index is 0.522. The van der Waals surface area contributed by atoms with Gasteiger partial charge in [0.05, 0.1) is 0 Å². The van der Waals surface area contributed by atoms with Crippen molar-refractivity contribution in [1.82, 2.24) is 19.6 Å². The first-order valence-corrected chi connectivity index (χ1v) is 10.3. The molecule has 26 heavy (non-hydrogen) atoms. The Morgan fingerprint density at radius 1 is 1.15 bits per heavy atom. The van der Waals surface area contributed by atoms with E-state index in [1.54, 1.807) is 0 Å². The molecular formula is C22H34N4. The molecule has 0 spiro atoms. The molecule has 2 heterocycles. The molecule has 1 aromatic carbocycles. The molecular weight excluding hydrogens is 320 g/mol. The fourth-order valence-corrected chi connectivity index (χ4v) is 4.16. The van der Waals surface area contributed by atoms with Crippen molar-refractivity contribution in [2.45, 2.75) is 58.2 Å². The highest BCUT2D eigenvalue weighted by Crippen LogP contribution is 2.26. The zero-order chi connectivity index (χ0) is 18.2. The Hall–Kier alpha value is -1.65. The van der Waals surface area contributed by atoms with Crippen LogP contribution in [0.25, 0.3) is 0 Å². The SMILES string of the molecule is CCN(CCCCCn1cccn1)C1CCN(C(C)c2ccccc2)C1. The molecule has 1 fully saturated rings. The number of likely N-dealkylation sites (N-methyl/N-ethyl adjacent to an activating group) is 1. The van der Waals surface area contributed by atoms with Gasteiger partial charge in [-0.05, 0) is 50.9 Å². The van der Waals surface area contributed by atoms with Gasteiger partial charge in [-0.1, -0.05) is 43.7 Å². The van der Waals surface area contributed by atoms with Gasteiger partial charge in [-0.15, -0.1) is 0 Å². The number of benzene rings is 1. The molecule has 2 atom stereocenters. The van der Waals surface area contributed by atoms with Crippen LogP contribution in [0.1, 0.15) is 51.1 Å². The minimum Gasteiger partial charge on any atom is -0.299 e. The quantitative estimate of drug-likeness (QED) is 0.597. The molecule has 0 radical (unpaired) electrons. The zero-order valence-corrected chi connectivity index (χ0v) is 16.4. The predicted octanol–water partition coefficient (Wildman–Crippen LogP) is 4.21. The summed E-state index contributed by atoms with van der Waals surface area (Å²) >= 11 is 0. The lowest BCUT2D eigenvalue weighted by molar-refractivity contribution is 0.183. The average Bonchev–Trinajstić information content (AvgIpc) is 3.37. The lowest BCUT2D eigenvalue weighted by Crippen LogP contribution is -2.38. The zero-order valence-electron chi connectivity index (χ0n) is 16.4. The van der Waals surface area contributed by atoms with E-state index < -0.39 is 0 Å². The summed E-state index contributed by atoms with van der Waals surface area (Å²) in [5, 5.41) is 4.28. The molecule has 142 valence electrons. The van der Waals surface area contributed by atoms with E-state index >= 15 is 0 Å². The van der Waals surface area contributed by atoms with Gasteiger partial charge in [0, 0.05) is 44.1 Å². The molecule has 2 unspecified atom stereocenters. The second-order valence-corrected chi connectivity index (χ2v) is 7.48. The van der Waals surface area contributed by atoms with Gasteiger partial charge < -0.3 is 0 Å². The fourth-order valence-electron chi connectivity index (χ4n) is 4.16. The second-order valence-electron chi connectivity index (χ2n) is 7.48. The number of unbranched alkanes of at least 4 members (excludes halogenated alkanes) is 2. The molecule has 3 rings (SSSR count). The van der Waals surface area contributed by atoms with Crippen LogP contribution >= 0.6 is 0 Å². The van der Waals surface area contributed by atoms with Gasteiger partial charge in [-0.2, -0.15) is 5.10 Å². The third-order valence-corrected chi connectivity index (χ3v) is 5.84. The first-order chi connectivity index (χ1) is 12.8. The maximum absolute atomic E-state index is 4.28. The summed E-state index contributed by atoms with van der Waals surface area (Å²) in [6, 6.07) is 14.2. The number of nitrogens with zero attached hydrogens (tertiary/aromatic N) is 4. The number of aryl methyl sites for hydroxylation is 1. The van der Waals surface area contributed by atoms with Gasteiger partial charge in [0.2, 0.25) is 0 Å². The Morgan fingerprint density at radius 2 is 2.00 bits per heavy atom. The van der Waals surface area contributed by atoms with Crippen molar-refractivity contribution >= 4 is 0 Å². The Balaban J connectivity index is 1.39. The Kier molecular flexibility index (Phi) is 7.27. The molecule has 2 aromatic rings. The van der Waals surface area contributed by atoms with E-state index in [1.165, 1.54) is 50.9 Å². The van der Waals surface area contributed by atoms with Gasteiger partial charge in [-0.25, -0.2) is 0 Å². The Labute approximate surface area is 158 Å². The molecule has 0 N–H and O–H groups in total. The van der Waals surface area contributed by atoms with E-state index in [0.29, 0.717) is 6.04 Å². The third kappa shape index (κ3) is 5.18. The van der Waals surface area contributed by atoms with Crippen LogP contribution in [0.3, 0.4) is 0 Å². The summed E-state index contributed by atoms with van der Waals surface area (Å²) in [6.45, 7) is 10.5. The van der Waals surface area contributed by atoms with Gasteiger partial charge in [0.15, 0.2) is 0 Å². The third-order valence-electron chi connectivity index (χ3n) is 5.84. The van der Waals surface area contributed by atoms with Crippen LogP contribution < -0.4 is 0 Å². The summed E-state index contributed by atoms with van der Waals surface area (Å²) in [5.74, 6) is 0. The molecule has 0 saturated carbocycles. The predicted molar refractivity (Wildman–Crippen MR) is 108 cm³/mol. The molecule has 0 amide bonds. The summed E-state index contributed by atoms with van der Waals surface area (Å²) in [7, 11) is 0. The van der Waals surface area contributed by atoms with Gasteiger partial charge in [0.25, 0.3) is 0 Å². The average molecular weight is 355 g/mol. The summed E-state index contributed by atoms with van der Waals surface area (Å²) < 4.78 is 2.04. The molecule has 4 nitrogen and oxygen atoms in total. The highest BCUT2D eigenvalue weighted by Gasteiger charge is 2.29. The number of aromatic nitrogens is 2. The summed E-state index contributed by atoms with van der Waals surface area (Å²) in [6.07, 6.45) is 9.02. The van der Waals surface area contributed by atoms with Crippen LogP contribution in [0.4, 0.5) is 0 Å². The lowest BCUT2D eigenvalue weighted by Gasteiger charge is -2.29. The number of hydrogen-bond donors (Lipinski definition) is 0. The van der Waals surface area contributed by atoms with Crippen LogP contribution in [0.5, 0.6) is 0 Å². The summed E-state index contributed by atoms with van der Waals surface area (Å²) in [5.41, 5.74) is 1.44. The molecule has 0 bridgehead atoms. The van der Waals surface area contributed by atoms with Gasteiger partial charge in [0.1, 0.15) is 0 Å². The minimum absolute atomic E-state index is 0.522. The van der Waals surface area contributed by atoms with Crippen LogP contribution in [0, 0.1) is 0 Å². The van der Waals surface area contributed by atoms with Crippen LogP contribution in [-0.4, -0.2) is 51.8 Å². The van der Waals surface area contributed by atoms with Crippen molar-refractivity contribution in [2.24, 2.45) is 0 Å². The van der Waals surface area contributed by atoms with E-state index in [-0.39, 0.29) is 0 Å². The van der Waals surface area contributed by atoms with E-state index in [2.05, 4.69) is 65.3 Å². The molecule has 1 aliphatic rings. The van der Waals surface area contributed by atoms with E-state index in [4.69, 9.17) is 0 Å². The monoisotopic (exact) mass is 354 g/mol. The van der Waals surface area contributed by atoms with E-state index in [0.717, 1.165) is 19.1 Å². The van der Waals surface area contributed by atoms with Crippen LogP contribution in [-0.2, 0) is 6.54 Å². The van der Waals surface area contributed by atoms with Crippen LogP contribution in [0.15, 0.2) is 48.8 Å². The smallest absolute Gasteiger partial charge is 0.0489 e. The van der Waals surface area contributed by atoms with E-state index in [9.17, 15) is 0 Å². The van der Waals surface area contributed by atoms with Crippen molar-refractivity contribution in [3.05, 3.63) is 54.4 Å². The molecule has 1 saturated heterocycles. The van der Waals surface area contributed by atoms with Crippen molar-refractivity contribution in [2.75, 3.05) is 26.2 Å². The largest absolute Gasteiger partial charge is 0.299 e. The molecule has 1 aromatic heterocycles. The van der Waals surface area contributed by atoms with Crippen molar-refractivity contribution < 1.29 is 0 Å². The van der Waals surface area contributed by atoms with Crippen molar-refractivity contribution in [3.8, 4) is 0 Å². The Morgan fingerprint density at radius 3 is 2.73 bits per heavy atom. The first kappa shape index (κ1) is 19.1. The highest BCUT2D eigenvalue weighted by atomic mass is 15.3. The van der Waals surface area contributed by atoms with Crippen molar-refractivity contribution in [1.29, 1.82) is 0 Å². The topological polar surface area (TPSA) is 24.3 Å². The normalized spacial score (nSPS) is 19.3. The number of hydrogen-bond acceptors (Lipinski definition) is 3. The van der Waals surface area contributed by atoms with Gasteiger partial charge in [-0.3, -0.25) is 14.5 Å². The standard InChI is InChI=1S/C22H34N4/c1-3-24(15-8-5-9-16-26-17-10-14-23-26)22-13-18-25(19-22)20(2)21-11-6-4-7-12-21/h4,6-7,10-12,14,17,20,22H,3,5,8-9,13,15-16,18-19H2,1-2H3. The first-order valence-electron chi connectivity index (χ1n) is 10.3. The number of likely N-dealkylation sites (tertiary alicyclic amines) is 1. The maximum Gasteiger partial charge on any atom is 0.0489 e. The molecule has 1 aliphatic heterocycles. The summed E-state index contributed by atoms with van der Waals surface area (Å²) in [4.78, 5) is 5.35. The molecule has 4 heteroatoms. The van der Waals surface area contributed by atoms with Crippen molar-refractivity contribution in [3.63, 3.8) is 0 Å². The maximum atomic E-state index is 4.28. The van der Waals surface area contributed by atoms with E-state index in [1.807, 2.05) is 16.9 Å². The lowest BCUT2D eigenvalue weighted by atomic mass is 10.1. The fraction of sp³-hybridized carbons (Fsp3) is 0.591. The molecule has 0 aliphatic carbocycles. The van der Waals surface area contributed by atoms with Crippen LogP contribution in [0.2, 0.25) is 0 Å². The second kappa shape index (κ2) is 9.89. The highest BCUT2D eigenvalue weighted by molar-refractivity contribution is 5.18. The Bertz CT molecular complexity index is 610. The number of rotatable bonds is 10.